The van der Waals surface area contributed by atoms with Crippen LogP contribution in [-0.2, 0) is 25.5 Å². The van der Waals surface area contributed by atoms with Gasteiger partial charge in [-0.3, -0.25) is 0 Å². The first-order chi connectivity index (χ1) is 23.7. The number of thiophene rings is 1. The molecule has 7 aromatic rings. The maximum Gasteiger partial charge on any atom is 0.0795 e. The van der Waals surface area contributed by atoms with E-state index in [0.29, 0.717) is 0 Å². The molecule has 3 heterocycles. The van der Waals surface area contributed by atoms with Crippen LogP contribution in [-0.4, -0.2) is 18.0 Å². The van der Waals surface area contributed by atoms with Crippen molar-refractivity contribution >= 4 is 44.8 Å². The molecule has 1 aliphatic carbocycles. The predicted octanol–water partition coefficient (Wildman–Crippen LogP) is 12.1. The van der Waals surface area contributed by atoms with E-state index in [1.165, 1.54) is 67.7 Å². The van der Waals surface area contributed by atoms with Crippen molar-refractivity contribution in [1.29, 1.82) is 0 Å². The van der Waals surface area contributed by atoms with Gasteiger partial charge in [0.25, 0.3) is 0 Å². The van der Waals surface area contributed by atoms with Gasteiger partial charge in [0, 0.05) is 37.2 Å². The Hall–Kier alpha value is -3.73. The molecule has 0 saturated heterocycles. The molecule has 0 bridgehead atoms. The van der Waals surface area contributed by atoms with Gasteiger partial charge in [0.05, 0.1) is 8.07 Å². The average molecular weight is 865 g/mol. The van der Waals surface area contributed by atoms with Gasteiger partial charge in [0.2, 0.25) is 0 Å². The molecule has 1 fully saturated rings. The summed E-state index contributed by atoms with van der Waals surface area (Å²) in [4.78, 5) is 9.33. The molecule has 255 valence electrons. The van der Waals surface area contributed by atoms with E-state index in [0.717, 1.165) is 28.4 Å². The number of fused-ring (bicyclic) bond motifs is 3. The number of benzene rings is 4. The molecule has 0 aliphatic heterocycles. The zero-order valence-corrected chi connectivity index (χ0v) is 33.8. The third-order valence-corrected chi connectivity index (χ3v) is 13.5. The third-order valence-electron chi connectivity index (χ3n) is 10.3. The summed E-state index contributed by atoms with van der Waals surface area (Å²) in [7, 11) is -1.23. The molecule has 0 N–H and O–H groups in total. The molecule has 3 aromatic heterocycles. The Kier molecular flexibility index (Phi) is 11.0. The maximum atomic E-state index is 4.81. The van der Waals surface area contributed by atoms with Crippen LogP contribution in [0.25, 0.3) is 53.8 Å². The predicted molar refractivity (Wildman–Crippen MR) is 213 cm³/mol. The van der Waals surface area contributed by atoms with Crippen LogP contribution in [0.2, 0.25) is 19.6 Å². The molecule has 5 heteroatoms. The zero-order chi connectivity index (χ0) is 34.0. The number of hydrogen-bond donors (Lipinski definition) is 0. The number of nitrogens with zero attached hydrogens (tertiary/aromatic N) is 2. The van der Waals surface area contributed by atoms with Crippen molar-refractivity contribution in [1.82, 2.24) is 9.97 Å². The molecule has 0 unspecified atom stereocenters. The van der Waals surface area contributed by atoms with Crippen LogP contribution in [0, 0.1) is 18.1 Å². The molecule has 1 saturated carbocycles. The van der Waals surface area contributed by atoms with E-state index < -0.39 is 8.07 Å². The number of hydrogen-bond acceptors (Lipinski definition) is 3. The van der Waals surface area contributed by atoms with Gasteiger partial charge in [-0.15, -0.1) is 59.7 Å². The molecule has 2 nitrogen and oxygen atoms in total. The van der Waals surface area contributed by atoms with E-state index in [1.807, 2.05) is 48.0 Å². The van der Waals surface area contributed by atoms with E-state index in [1.54, 1.807) is 0 Å². The second kappa shape index (κ2) is 15.2. The summed E-state index contributed by atoms with van der Waals surface area (Å²) in [6.07, 6.45) is 9.42. The van der Waals surface area contributed by atoms with Gasteiger partial charge >= 0.3 is 0 Å². The third kappa shape index (κ3) is 7.62. The Morgan fingerprint density at radius 3 is 2.20 bits per heavy atom. The average Bonchev–Trinajstić information content (AvgIpc) is 3.82. The Morgan fingerprint density at radius 1 is 0.720 bits per heavy atom. The fourth-order valence-corrected chi connectivity index (χ4v) is 9.37. The summed E-state index contributed by atoms with van der Waals surface area (Å²) in [5, 5.41) is 4.00. The Balaban J connectivity index is 0.000000215. The van der Waals surface area contributed by atoms with Crippen molar-refractivity contribution in [3.63, 3.8) is 0 Å². The number of pyridine rings is 2. The van der Waals surface area contributed by atoms with Gasteiger partial charge in [0.1, 0.15) is 0 Å². The van der Waals surface area contributed by atoms with Crippen molar-refractivity contribution in [2.75, 3.05) is 0 Å². The smallest absolute Gasteiger partial charge is 0.0795 e. The first-order valence-corrected chi connectivity index (χ1v) is 21.8. The van der Waals surface area contributed by atoms with Crippen molar-refractivity contribution in [2.45, 2.75) is 64.6 Å². The van der Waals surface area contributed by atoms with E-state index in [2.05, 4.69) is 136 Å². The Morgan fingerprint density at radius 2 is 1.50 bits per heavy atom. The standard InChI is InChI=1S/C31H28NS.C14H16NSi.Ir/c1-31(2,23-11-6-7-12-23)24-17-18-32-28(20-24)26-14-8-13-25-27-19-22(21-9-4-3-5-10-21)15-16-29(27)33-30(25)26;1-16(2,3)13-9-10-14(15-11-13)12-7-5-4-6-8-12;/h3-5,8-10,13,15-20,23H,6-7,11-12H2,1-2H3;4-7,9-11H,1-3H3;/q2*-1;. The van der Waals surface area contributed by atoms with Gasteiger partial charge in [-0.1, -0.05) is 106 Å². The molecule has 8 rings (SSSR count). The molecule has 0 spiro atoms. The van der Waals surface area contributed by atoms with Gasteiger partial charge < -0.3 is 9.97 Å². The normalized spacial score (nSPS) is 13.5. The van der Waals surface area contributed by atoms with E-state index in [9.17, 15) is 0 Å². The summed E-state index contributed by atoms with van der Waals surface area (Å²) in [6.45, 7) is 11.8. The van der Waals surface area contributed by atoms with E-state index in [4.69, 9.17) is 4.98 Å². The minimum Gasteiger partial charge on any atom is -0.305 e. The van der Waals surface area contributed by atoms with Crippen molar-refractivity contribution < 1.29 is 20.1 Å². The van der Waals surface area contributed by atoms with E-state index >= 15 is 0 Å². The minimum atomic E-state index is -1.23. The van der Waals surface area contributed by atoms with Crippen LogP contribution in [0.3, 0.4) is 0 Å². The fourth-order valence-electron chi connectivity index (χ4n) is 7.14. The van der Waals surface area contributed by atoms with Crippen LogP contribution in [0.15, 0.2) is 122 Å². The number of aromatic nitrogens is 2. The second-order valence-corrected chi connectivity index (χ2v) is 21.0. The zero-order valence-electron chi connectivity index (χ0n) is 29.6. The summed E-state index contributed by atoms with van der Waals surface area (Å²) >= 11 is 1.85. The van der Waals surface area contributed by atoms with Crippen molar-refractivity contribution in [2.24, 2.45) is 5.92 Å². The van der Waals surface area contributed by atoms with Gasteiger partial charge in [-0.2, -0.15) is 11.3 Å². The van der Waals surface area contributed by atoms with Crippen molar-refractivity contribution in [3.05, 3.63) is 139 Å². The van der Waals surface area contributed by atoms with Crippen molar-refractivity contribution in [3.8, 4) is 33.6 Å². The molecule has 1 aliphatic rings. The molecule has 1 radical (unpaired) electrons. The minimum absolute atomic E-state index is 0. The second-order valence-electron chi connectivity index (χ2n) is 14.9. The maximum absolute atomic E-state index is 4.81. The first kappa shape index (κ1) is 36.1. The van der Waals surface area contributed by atoms with Crippen LogP contribution in [0.1, 0.15) is 45.1 Å². The number of rotatable bonds is 6. The molecule has 4 aromatic carbocycles. The monoisotopic (exact) mass is 865 g/mol. The summed E-state index contributed by atoms with van der Waals surface area (Å²) in [6, 6.07) is 45.2. The molecule has 50 heavy (non-hydrogen) atoms. The summed E-state index contributed by atoms with van der Waals surface area (Å²) < 4.78 is 2.59. The molecule has 0 atom stereocenters. The fraction of sp³-hybridized carbons (Fsp3) is 0.244. The van der Waals surface area contributed by atoms with Gasteiger partial charge in [-0.05, 0) is 85.7 Å². The molecular weight excluding hydrogens is 821 g/mol. The SMILES string of the molecule is CC(C)(c1ccnc(-c2[c-]ccc3c2sc2ccc(-c4ccccc4)cc23)c1)C1CCCC1.C[Si](C)(C)c1ccc(-c2[c-]cccc2)nc1.[Ir]. The first-order valence-electron chi connectivity index (χ1n) is 17.5. The Bertz CT molecular complexity index is 2180. The van der Waals surface area contributed by atoms with Crippen LogP contribution < -0.4 is 5.19 Å². The Labute approximate surface area is 316 Å². The quantitative estimate of drug-likeness (QED) is 0.123. The molecule has 0 amide bonds. The van der Waals surface area contributed by atoms with Crippen LogP contribution >= 0.6 is 11.3 Å². The topological polar surface area (TPSA) is 25.8 Å². The summed E-state index contributed by atoms with van der Waals surface area (Å²) in [5.74, 6) is 0.758. The van der Waals surface area contributed by atoms with Crippen LogP contribution in [0.5, 0.6) is 0 Å². The largest absolute Gasteiger partial charge is 0.305 e. The summed E-state index contributed by atoms with van der Waals surface area (Å²) in [5.41, 5.74) is 8.32. The van der Waals surface area contributed by atoms with E-state index in [-0.39, 0.29) is 25.5 Å². The molecular formula is C45H44IrN2SSi-2. The van der Waals surface area contributed by atoms with Gasteiger partial charge in [-0.25, -0.2) is 0 Å². The van der Waals surface area contributed by atoms with Gasteiger partial charge in [0.15, 0.2) is 0 Å². The van der Waals surface area contributed by atoms with Crippen LogP contribution in [0.4, 0.5) is 0 Å².